The van der Waals surface area contributed by atoms with Crippen molar-refractivity contribution >= 4 is 7.82 Å². The largest absolute Gasteiger partial charge is 0.499 e. The molecule has 2 rings (SSSR count). The second kappa shape index (κ2) is 8.37. The van der Waals surface area contributed by atoms with Crippen LogP contribution in [0.2, 0.25) is 0 Å². The summed E-state index contributed by atoms with van der Waals surface area (Å²) in [6.07, 6.45) is -0.899. The summed E-state index contributed by atoms with van der Waals surface area (Å²) in [7, 11) is -4.45. The van der Waals surface area contributed by atoms with E-state index in [1.165, 1.54) is 13.1 Å². The second-order valence-corrected chi connectivity index (χ2v) is 6.92. The molecule has 1 fully saturated rings. The number of aromatic amines is 1. The third kappa shape index (κ3) is 5.32. The molecule has 11 nitrogen and oxygen atoms in total. The van der Waals surface area contributed by atoms with Gasteiger partial charge in [-0.1, -0.05) is 6.92 Å². The highest BCUT2D eigenvalue weighted by atomic mass is 31.2. The first-order chi connectivity index (χ1) is 11.7. The Morgan fingerprint density at radius 3 is 2.88 bits per heavy atom. The van der Waals surface area contributed by atoms with Gasteiger partial charge in [-0.25, -0.2) is 14.2 Å². The molecule has 12 heteroatoms. The molecule has 0 amide bonds. The first-order valence-corrected chi connectivity index (χ1v) is 9.17. The van der Waals surface area contributed by atoms with Crippen LogP contribution in [0, 0.1) is 6.92 Å². The van der Waals surface area contributed by atoms with Crippen molar-refractivity contribution in [2.75, 3.05) is 13.2 Å². The van der Waals surface area contributed by atoms with Crippen LogP contribution in [0.5, 0.6) is 0 Å². The van der Waals surface area contributed by atoms with Gasteiger partial charge >= 0.3 is 13.5 Å². The first kappa shape index (κ1) is 20.0. The van der Waals surface area contributed by atoms with E-state index in [-0.39, 0.29) is 13.0 Å². The fourth-order valence-electron chi connectivity index (χ4n) is 2.21. The Labute approximate surface area is 142 Å². The quantitative estimate of drug-likeness (QED) is 0.244. The topological polar surface area (TPSA) is 149 Å². The Morgan fingerprint density at radius 2 is 2.20 bits per heavy atom. The molecule has 25 heavy (non-hydrogen) atoms. The summed E-state index contributed by atoms with van der Waals surface area (Å²) in [6, 6.07) is 0. The molecule has 0 aromatic carbocycles. The van der Waals surface area contributed by atoms with Crippen LogP contribution in [-0.4, -0.2) is 45.0 Å². The van der Waals surface area contributed by atoms with Gasteiger partial charge in [0.1, 0.15) is 12.3 Å². The molecule has 0 spiro atoms. The lowest BCUT2D eigenvalue weighted by Gasteiger charge is -2.17. The number of nitrogens with zero attached hydrogens (tertiary/aromatic N) is 1. The summed E-state index contributed by atoms with van der Waals surface area (Å²) in [5, 5.41) is 10.0. The number of rotatable bonds is 8. The van der Waals surface area contributed by atoms with Gasteiger partial charge in [-0.2, -0.15) is 0 Å². The second-order valence-electron chi connectivity index (χ2n) is 5.57. The van der Waals surface area contributed by atoms with E-state index in [0.29, 0.717) is 12.0 Å². The Morgan fingerprint density at radius 1 is 1.48 bits per heavy atom. The standard InChI is InChI=1S/C13H21N2O9P/c1-3-4-21-24-25(19,20)22-7-10-9(16)5-11(23-10)15-6-8(2)12(17)14-13(15)18/h6,9-11,16H,3-5,7H2,1-2H3,(H,19,20)(H,14,17,18). The summed E-state index contributed by atoms with van der Waals surface area (Å²) in [4.78, 5) is 39.3. The number of hydrogen-bond donors (Lipinski definition) is 3. The number of nitrogens with one attached hydrogen (secondary N) is 1. The van der Waals surface area contributed by atoms with Crippen LogP contribution in [0.25, 0.3) is 0 Å². The van der Waals surface area contributed by atoms with Crippen molar-refractivity contribution in [3.8, 4) is 0 Å². The van der Waals surface area contributed by atoms with Crippen molar-refractivity contribution in [2.24, 2.45) is 0 Å². The summed E-state index contributed by atoms with van der Waals surface area (Å²) in [6.45, 7) is 2.98. The molecule has 1 aromatic heterocycles. The van der Waals surface area contributed by atoms with E-state index in [1.54, 1.807) is 6.92 Å². The van der Waals surface area contributed by atoms with Crippen LogP contribution < -0.4 is 11.2 Å². The highest BCUT2D eigenvalue weighted by Gasteiger charge is 2.37. The van der Waals surface area contributed by atoms with E-state index in [4.69, 9.17) is 9.26 Å². The number of aliphatic hydroxyl groups excluding tert-OH is 1. The van der Waals surface area contributed by atoms with E-state index >= 15 is 0 Å². The summed E-state index contributed by atoms with van der Waals surface area (Å²) in [5.74, 6) is 0. The molecule has 142 valence electrons. The van der Waals surface area contributed by atoms with Crippen LogP contribution in [0.4, 0.5) is 0 Å². The average Bonchev–Trinajstić information content (AvgIpc) is 2.90. The van der Waals surface area contributed by atoms with E-state index in [0.717, 1.165) is 4.57 Å². The molecule has 0 saturated carbocycles. The van der Waals surface area contributed by atoms with Gasteiger partial charge in [0.2, 0.25) is 0 Å². The third-order valence-electron chi connectivity index (χ3n) is 3.50. The van der Waals surface area contributed by atoms with E-state index < -0.39 is 44.1 Å². The number of aromatic nitrogens is 2. The van der Waals surface area contributed by atoms with E-state index in [1.807, 2.05) is 0 Å². The number of hydrogen-bond acceptors (Lipinski definition) is 8. The monoisotopic (exact) mass is 380 g/mol. The molecule has 1 aliphatic rings. The van der Waals surface area contributed by atoms with Crippen LogP contribution >= 0.6 is 7.82 Å². The fourth-order valence-corrected chi connectivity index (χ4v) is 2.80. The summed E-state index contributed by atoms with van der Waals surface area (Å²) < 4.78 is 27.2. The van der Waals surface area contributed by atoms with Gasteiger partial charge in [0.15, 0.2) is 0 Å². The molecule has 0 radical (unpaired) electrons. The maximum atomic E-state index is 11.8. The molecule has 2 heterocycles. The lowest BCUT2D eigenvalue weighted by atomic mass is 10.2. The maximum absolute atomic E-state index is 11.8. The lowest BCUT2D eigenvalue weighted by molar-refractivity contribution is -0.225. The van der Waals surface area contributed by atoms with Crippen LogP contribution in [0.15, 0.2) is 15.8 Å². The van der Waals surface area contributed by atoms with Crippen molar-refractivity contribution < 1.29 is 33.4 Å². The predicted molar refractivity (Wildman–Crippen MR) is 83.7 cm³/mol. The van der Waals surface area contributed by atoms with Crippen molar-refractivity contribution in [1.82, 2.24) is 9.55 Å². The molecule has 1 saturated heterocycles. The van der Waals surface area contributed by atoms with Gasteiger partial charge in [-0.05, 0) is 13.3 Å². The zero-order valence-electron chi connectivity index (χ0n) is 13.8. The molecule has 3 N–H and O–H groups in total. The fraction of sp³-hybridized carbons (Fsp3) is 0.692. The molecule has 4 atom stereocenters. The minimum Gasteiger partial charge on any atom is -0.390 e. The molecule has 4 unspecified atom stereocenters. The minimum atomic E-state index is -4.45. The zero-order chi connectivity index (χ0) is 18.6. The van der Waals surface area contributed by atoms with Crippen molar-refractivity contribution in [1.29, 1.82) is 0 Å². The Hall–Kier alpha value is -1.33. The summed E-state index contributed by atoms with van der Waals surface area (Å²) >= 11 is 0. The SMILES string of the molecule is CCCOOP(=O)(O)OCC1OC(n2cc(C)c(=O)[nH]c2=O)CC1O. The number of aliphatic hydroxyl groups is 1. The van der Waals surface area contributed by atoms with Crippen LogP contribution in [0.3, 0.4) is 0 Å². The molecule has 0 bridgehead atoms. The Kier molecular flexibility index (Phi) is 6.69. The molecule has 1 aliphatic heterocycles. The number of H-pyrrole nitrogens is 1. The van der Waals surface area contributed by atoms with Crippen molar-refractivity contribution in [3.05, 3.63) is 32.6 Å². The first-order valence-electron chi connectivity index (χ1n) is 7.67. The molecule has 1 aromatic rings. The zero-order valence-corrected chi connectivity index (χ0v) is 14.7. The normalized spacial score (nSPS) is 25.8. The van der Waals surface area contributed by atoms with E-state index in [2.05, 4.69) is 14.5 Å². The van der Waals surface area contributed by atoms with Crippen LogP contribution in [0.1, 0.15) is 31.6 Å². The minimum absolute atomic E-state index is 0.0440. The predicted octanol–water partition coefficient (Wildman–Crippen LogP) is -0.0314. The van der Waals surface area contributed by atoms with Gasteiger partial charge < -0.3 is 14.7 Å². The van der Waals surface area contributed by atoms with Gasteiger partial charge in [-0.3, -0.25) is 18.9 Å². The third-order valence-corrected chi connectivity index (χ3v) is 4.27. The molecular formula is C13H21N2O9P. The van der Waals surface area contributed by atoms with Crippen molar-refractivity contribution in [3.63, 3.8) is 0 Å². The number of phosphoric ester groups is 1. The van der Waals surface area contributed by atoms with Gasteiger partial charge in [0.25, 0.3) is 5.56 Å². The average molecular weight is 380 g/mol. The van der Waals surface area contributed by atoms with Gasteiger partial charge in [0, 0.05) is 18.2 Å². The highest BCUT2D eigenvalue weighted by molar-refractivity contribution is 7.47. The van der Waals surface area contributed by atoms with E-state index in [9.17, 15) is 24.2 Å². The van der Waals surface area contributed by atoms with Gasteiger partial charge in [-0.15, -0.1) is 4.67 Å². The van der Waals surface area contributed by atoms with Crippen molar-refractivity contribution in [2.45, 2.75) is 45.1 Å². The molecular weight excluding hydrogens is 359 g/mol. The van der Waals surface area contributed by atoms with Gasteiger partial charge in [0.05, 0.1) is 19.3 Å². The van der Waals surface area contributed by atoms with Crippen LogP contribution in [-0.2, 0) is 23.4 Å². The Balaban J connectivity index is 1.97. The highest BCUT2D eigenvalue weighted by Crippen LogP contribution is 2.44. The summed E-state index contributed by atoms with van der Waals surface area (Å²) in [5.41, 5.74) is -0.887. The number of aryl methyl sites for hydroxylation is 1. The lowest BCUT2D eigenvalue weighted by Crippen LogP contribution is -2.33. The maximum Gasteiger partial charge on any atom is 0.499 e. The smallest absolute Gasteiger partial charge is 0.390 e. The number of phosphoric acid groups is 1. The number of ether oxygens (including phenoxy) is 1. The molecule has 0 aliphatic carbocycles. The Bertz CT molecular complexity index is 746.